The molecule has 1 saturated carbocycles. The number of sulfonamides is 1. The van der Waals surface area contributed by atoms with Gasteiger partial charge in [-0.2, -0.15) is 0 Å². The molecule has 1 aliphatic carbocycles. The first-order chi connectivity index (χ1) is 13.8. The van der Waals surface area contributed by atoms with Crippen LogP contribution in [0.3, 0.4) is 0 Å². The van der Waals surface area contributed by atoms with Gasteiger partial charge in [-0.1, -0.05) is 25.8 Å². The summed E-state index contributed by atoms with van der Waals surface area (Å²) < 4.78 is 27.3. The summed E-state index contributed by atoms with van der Waals surface area (Å²) in [6.07, 6.45) is 4.36. The molecule has 29 heavy (non-hydrogen) atoms. The van der Waals surface area contributed by atoms with Crippen LogP contribution in [-0.2, 0) is 10.0 Å². The molecule has 3 rings (SSSR count). The summed E-state index contributed by atoms with van der Waals surface area (Å²) in [4.78, 5) is 22.5. The third-order valence-electron chi connectivity index (χ3n) is 5.17. The molecule has 0 unspecified atom stereocenters. The van der Waals surface area contributed by atoms with Gasteiger partial charge >= 0.3 is 0 Å². The van der Waals surface area contributed by atoms with Crippen LogP contribution in [0.5, 0.6) is 0 Å². The first-order valence-corrected chi connectivity index (χ1v) is 10.9. The highest BCUT2D eigenvalue weighted by Gasteiger charge is 2.23. The zero-order valence-corrected chi connectivity index (χ0v) is 16.8. The summed E-state index contributed by atoms with van der Waals surface area (Å²) in [7, 11) is -3.99. The molecule has 0 saturated heterocycles. The van der Waals surface area contributed by atoms with E-state index in [4.69, 9.17) is 0 Å². The van der Waals surface area contributed by atoms with Crippen molar-refractivity contribution >= 4 is 27.3 Å². The molecule has 1 aliphatic rings. The number of amides is 1. The van der Waals surface area contributed by atoms with E-state index in [9.17, 15) is 23.3 Å². The van der Waals surface area contributed by atoms with E-state index in [-0.39, 0.29) is 28.2 Å². The lowest BCUT2D eigenvalue weighted by atomic mass is 9.86. The molecule has 0 radical (unpaired) electrons. The number of nitrogens with one attached hydrogen (secondary N) is 2. The minimum atomic E-state index is -3.99. The third-order valence-corrected chi connectivity index (χ3v) is 6.54. The standard InChI is InChI=1S/C20H23N3O5S/c1-14-5-2-3-8-19(14)21-20(24)15-9-11-16(12-10-15)22-29(27,28)18-7-4-6-17(13-18)23(25)26/h4,6-7,9-14,19,22H,2-3,5,8H2,1H3,(H,21,24)/t14-,19+/m0/s1. The van der Waals surface area contributed by atoms with E-state index in [1.54, 1.807) is 12.1 Å². The van der Waals surface area contributed by atoms with Gasteiger partial charge in [-0.05, 0) is 49.1 Å². The van der Waals surface area contributed by atoms with Crippen LogP contribution in [0, 0.1) is 16.0 Å². The first-order valence-electron chi connectivity index (χ1n) is 9.44. The molecule has 154 valence electrons. The molecule has 0 bridgehead atoms. The Labute approximate surface area is 169 Å². The van der Waals surface area contributed by atoms with Crippen LogP contribution in [0.4, 0.5) is 11.4 Å². The Hall–Kier alpha value is -2.94. The lowest BCUT2D eigenvalue weighted by Crippen LogP contribution is -2.41. The largest absolute Gasteiger partial charge is 0.349 e. The minimum absolute atomic E-state index is 0.156. The van der Waals surface area contributed by atoms with Crippen LogP contribution in [0.1, 0.15) is 43.0 Å². The highest BCUT2D eigenvalue weighted by Crippen LogP contribution is 2.24. The predicted molar refractivity (Wildman–Crippen MR) is 109 cm³/mol. The number of nitro groups is 1. The molecule has 1 fully saturated rings. The van der Waals surface area contributed by atoms with Crippen LogP contribution in [0.25, 0.3) is 0 Å². The monoisotopic (exact) mass is 417 g/mol. The van der Waals surface area contributed by atoms with Crippen molar-refractivity contribution in [3.05, 3.63) is 64.2 Å². The van der Waals surface area contributed by atoms with Gasteiger partial charge in [-0.15, -0.1) is 0 Å². The second-order valence-corrected chi connectivity index (χ2v) is 8.96. The molecule has 2 aromatic rings. The van der Waals surface area contributed by atoms with E-state index in [0.29, 0.717) is 11.5 Å². The summed E-state index contributed by atoms with van der Waals surface area (Å²) >= 11 is 0. The Morgan fingerprint density at radius 2 is 1.79 bits per heavy atom. The summed E-state index contributed by atoms with van der Waals surface area (Å²) in [6.45, 7) is 2.13. The minimum Gasteiger partial charge on any atom is -0.349 e. The lowest BCUT2D eigenvalue weighted by Gasteiger charge is -2.29. The van der Waals surface area contributed by atoms with Crippen LogP contribution in [0.2, 0.25) is 0 Å². The van der Waals surface area contributed by atoms with Gasteiger partial charge in [0, 0.05) is 29.4 Å². The summed E-state index contributed by atoms with van der Waals surface area (Å²) in [5.74, 6) is 0.255. The van der Waals surface area contributed by atoms with Crippen molar-refractivity contribution in [3.8, 4) is 0 Å². The maximum absolute atomic E-state index is 12.5. The Morgan fingerprint density at radius 3 is 2.45 bits per heavy atom. The average Bonchev–Trinajstić information content (AvgIpc) is 2.70. The van der Waals surface area contributed by atoms with Gasteiger partial charge in [0.25, 0.3) is 21.6 Å². The number of anilines is 1. The molecule has 0 aliphatic heterocycles. The fourth-order valence-electron chi connectivity index (χ4n) is 3.45. The SMILES string of the molecule is C[C@H]1CCCC[C@H]1NC(=O)c1ccc(NS(=O)(=O)c2cccc([N+](=O)[O-])c2)cc1. The maximum atomic E-state index is 12.5. The number of hydrogen-bond acceptors (Lipinski definition) is 5. The molecular weight excluding hydrogens is 394 g/mol. The fraction of sp³-hybridized carbons (Fsp3) is 0.350. The van der Waals surface area contributed by atoms with Gasteiger partial charge in [-0.3, -0.25) is 19.6 Å². The van der Waals surface area contributed by atoms with Crippen molar-refractivity contribution in [3.63, 3.8) is 0 Å². The normalized spacial score (nSPS) is 19.3. The van der Waals surface area contributed by atoms with Crippen molar-refractivity contribution in [2.75, 3.05) is 4.72 Å². The van der Waals surface area contributed by atoms with E-state index >= 15 is 0 Å². The zero-order valence-electron chi connectivity index (χ0n) is 16.0. The number of hydrogen-bond donors (Lipinski definition) is 2. The molecule has 1 amide bonds. The summed E-state index contributed by atoms with van der Waals surface area (Å²) in [5, 5.41) is 13.9. The van der Waals surface area contributed by atoms with E-state index < -0.39 is 14.9 Å². The number of carbonyl (C=O) groups excluding carboxylic acids is 1. The van der Waals surface area contributed by atoms with E-state index in [1.165, 1.54) is 36.8 Å². The third kappa shape index (κ3) is 5.11. The van der Waals surface area contributed by atoms with Crippen LogP contribution >= 0.6 is 0 Å². The van der Waals surface area contributed by atoms with Crippen molar-refractivity contribution in [2.24, 2.45) is 5.92 Å². The second-order valence-electron chi connectivity index (χ2n) is 7.28. The smallest absolute Gasteiger partial charge is 0.270 e. The van der Waals surface area contributed by atoms with Crippen LogP contribution < -0.4 is 10.0 Å². The van der Waals surface area contributed by atoms with E-state index in [0.717, 1.165) is 25.3 Å². The van der Waals surface area contributed by atoms with Gasteiger partial charge in [0.2, 0.25) is 0 Å². The lowest BCUT2D eigenvalue weighted by molar-refractivity contribution is -0.385. The highest BCUT2D eigenvalue weighted by molar-refractivity contribution is 7.92. The van der Waals surface area contributed by atoms with Crippen LogP contribution in [0.15, 0.2) is 53.4 Å². The second kappa shape index (κ2) is 8.60. The van der Waals surface area contributed by atoms with Gasteiger partial charge in [-0.25, -0.2) is 8.42 Å². The number of nitro benzene ring substituents is 1. The highest BCUT2D eigenvalue weighted by atomic mass is 32.2. The summed E-state index contributed by atoms with van der Waals surface area (Å²) in [5.41, 5.74) is 0.400. The Bertz CT molecular complexity index is 1010. The average molecular weight is 417 g/mol. The van der Waals surface area contributed by atoms with E-state index in [2.05, 4.69) is 17.0 Å². The number of nitrogens with zero attached hydrogens (tertiary/aromatic N) is 1. The molecule has 2 N–H and O–H groups in total. The summed E-state index contributed by atoms with van der Waals surface area (Å²) in [6, 6.07) is 11.1. The Balaban J connectivity index is 1.69. The molecule has 8 nitrogen and oxygen atoms in total. The Kier molecular flexibility index (Phi) is 6.17. The molecule has 0 aromatic heterocycles. The fourth-order valence-corrected chi connectivity index (χ4v) is 4.55. The van der Waals surface area contributed by atoms with Crippen molar-refractivity contribution in [1.29, 1.82) is 0 Å². The molecular formula is C20H23N3O5S. The quantitative estimate of drug-likeness (QED) is 0.549. The zero-order chi connectivity index (χ0) is 21.0. The molecule has 0 spiro atoms. The van der Waals surface area contributed by atoms with Gasteiger partial charge in [0.1, 0.15) is 0 Å². The molecule has 0 heterocycles. The van der Waals surface area contributed by atoms with Crippen molar-refractivity contribution in [1.82, 2.24) is 5.32 Å². The van der Waals surface area contributed by atoms with E-state index in [1.807, 2.05) is 0 Å². The topological polar surface area (TPSA) is 118 Å². The van der Waals surface area contributed by atoms with Gasteiger partial charge < -0.3 is 5.32 Å². The molecule has 2 atom stereocenters. The predicted octanol–water partition coefficient (Wildman–Crippen LogP) is 3.70. The number of non-ortho nitro benzene ring substituents is 1. The number of benzene rings is 2. The van der Waals surface area contributed by atoms with Crippen molar-refractivity contribution < 1.29 is 18.1 Å². The van der Waals surface area contributed by atoms with Gasteiger partial charge in [0.15, 0.2) is 0 Å². The Morgan fingerprint density at radius 1 is 1.10 bits per heavy atom. The maximum Gasteiger partial charge on any atom is 0.270 e. The van der Waals surface area contributed by atoms with Crippen molar-refractivity contribution in [2.45, 2.75) is 43.5 Å². The molecule has 9 heteroatoms. The van der Waals surface area contributed by atoms with Crippen LogP contribution in [-0.4, -0.2) is 25.3 Å². The number of rotatable bonds is 6. The molecule has 2 aromatic carbocycles. The number of carbonyl (C=O) groups is 1. The van der Waals surface area contributed by atoms with Gasteiger partial charge in [0.05, 0.1) is 9.82 Å². The first kappa shape index (κ1) is 20.8.